The SMILES string of the molecule is C#CC(O)(C1CCCCC1)C1CCC(OC(F)(F)F)CC1. The van der Waals surface area contributed by atoms with Crippen molar-refractivity contribution in [1.82, 2.24) is 0 Å². The summed E-state index contributed by atoms with van der Waals surface area (Å²) < 4.78 is 40.8. The molecule has 2 fully saturated rings. The molecule has 0 aromatic carbocycles. The fraction of sp³-hybridized carbons (Fsp3) is 0.875. The molecule has 2 rings (SSSR count). The van der Waals surface area contributed by atoms with E-state index >= 15 is 0 Å². The van der Waals surface area contributed by atoms with Gasteiger partial charge in [-0.05, 0) is 50.4 Å². The second-order valence-corrected chi connectivity index (χ2v) is 6.34. The highest BCUT2D eigenvalue weighted by Gasteiger charge is 2.45. The highest BCUT2D eigenvalue weighted by molar-refractivity contribution is 5.14. The summed E-state index contributed by atoms with van der Waals surface area (Å²) >= 11 is 0. The molecule has 2 aliphatic rings. The summed E-state index contributed by atoms with van der Waals surface area (Å²) in [6.45, 7) is 0. The molecule has 120 valence electrons. The first-order valence-electron chi connectivity index (χ1n) is 7.80. The molecule has 2 nitrogen and oxygen atoms in total. The van der Waals surface area contributed by atoms with E-state index in [0.29, 0.717) is 25.7 Å². The fourth-order valence-electron chi connectivity index (χ4n) is 3.92. The molecular weight excluding hydrogens is 281 g/mol. The van der Waals surface area contributed by atoms with Crippen molar-refractivity contribution in [3.8, 4) is 12.3 Å². The second-order valence-electron chi connectivity index (χ2n) is 6.34. The number of ether oxygens (including phenoxy) is 1. The van der Waals surface area contributed by atoms with Crippen molar-refractivity contribution in [2.45, 2.75) is 75.9 Å². The Labute approximate surface area is 124 Å². The van der Waals surface area contributed by atoms with E-state index in [1.165, 1.54) is 6.42 Å². The zero-order valence-electron chi connectivity index (χ0n) is 12.2. The van der Waals surface area contributed by atoms with Crippen LogP contribution in [0.1, 0.15) is 57.8 Å². The largest absolute Gasteiger partial charge is 0.522 e. The predicted molar refractivity (Wildman–Crippen MR) is 73.2 cm³/mol. The first-order valence-corrected chi connectivity index (χ1v) is 7.80. The van der Waals surface area contributed by atoms with Crippen LogP contribution in [-0.4, -0.2) is 23.2 Å². The maximum atomic E-state index is 12.2. The summed E-state index contributed by atoms with van der Waals surface area (Å²) in [5.74, 6) is 2.55. The third-order valence-corrected chi connectivity index (χ3v) is 5.06. The number of rotatable bonds is 3. The molecule has 2 saturated carbocycles. The maximum absolute atomic E-state index is 12.2. The van der Waals surface area contributed by atoms with Crippen LogP contribution < -0.4 is 0 Å². The van der Waals surface area contributed by atoms with Crippen molar-refractivity contribution in [1.29, 1.82) is 0 Å². The molecule has 0 aromatic rings. The summed E-state index contributed by atoms with van der Waals surface area (Å²) in [6, 6.07) is 0. The van der Waals surface area contributed by atoms with Crippen LogP contribution >= 0.6 is 0 Å². The summed E-state index contributed by atoms with van der Waals surface area (Å²) in [7, 11) is 0. The van der Waals surface area contributed by atoms with Gasteiger partial charge >= 0.3 is 6.36 Å². The van der Waals surface area contributed by atoms with Crippen LogP contribution in [0.4, 0.5) is 13.2 Å². The third-order valence-electron chi connectivity index (χ3n) is 5.06. The summed E-state index contributed by atoms with van der Waals surface area (Å²) in [4.78, 5) is 0. The molecule has 0 aromatic heterocycles. The zero-order chi connectivity index (χ0) is 15.5. The van der Waals surface area contributed by atoms with Crippen molar-refractivity contribution >= 4 is 0 Å². The van der Waals surface area contributed by atoms with Gasteiger partial charge in [0.25, 0.3) is 0 Å². The molecule has 1 N–H and O–H groups in total. The Bertz CT molecular complexity index is 374. The Morgan fingerprint density at radius 2 is 1.43 bits per heavy atom. The van der Waals surface area contributed by atoms with Gasteiger partial charge in [0.2, 0.25) is 0 Å². The predicted octanol–water partition coefficient (Wildman–Crippen LogP) is 4.03. The molecule has 0 amide bonds. The lowest BCUT2D eigenvalue weighted by Crippen LogP contribution is -2.47. The van der Waals surface area contributed by atoms with Gasteiger partial charge in [0.05, 0.1) is 6.10 Å². The molecule has 0 spiro atoms. The monoisotopic (exact) mass is 304 g/mol. The van der Waals surface area contributed by atoms with Crippen LogP contribution in [0.2, 0.25) is 0 Å². The highest BCUT2D eigenvalue weighted by atomic mass is 19.4. The first-order chi connectivity index (χ1) is 9.85. The van der Waals surface area contributed by atoms with Crippen molar-refractivity contribution in [3.05, 3.63) is 0 Å². The summed E-state index contributed by atoms with van der Waals surface area (Å²) in [6.07, 6.45) is 6.97. The molecule has 1 unspecified atom stereocenters. The minimum absolute atomic E-state index is 0.0846. The summed E-state index contributed by atoms with van der Waals surface area (Å²) in [5, 5.41) is 10.9. The molecule has 21 heavy (non-hydrogen) atoms. The van der Waals surface area contributed by atoms with Crippen LogP contribution in [-0.2, 0) is 4.74 Å². The minimum atomic E-state index is -4.58. The molecule has 5 heteroatoms. The van der Waals surface area contributed by atoms with Gasteiger partial charge in [0.1, 0.15) is 5.60 Å². The van der Waals surface area contributed by atoms with E-state index in [9.17, 15) is 18.3 Å². The molecule has 0 heterocycles. The number of aliphatic hydroxyl groups is 1. The number of halogens is 3. The molecule has 0 aliphatic heterocycles. The van der Waals surface area contributed by atoms with Crippen molar-refractivity contribution in [3.63, 3.8) is 0 Å². The van der Waals surface area contributed by atoms with Crippen molar-refractivity contribution in [2.75, 3.05) is 0 Å². The Morgan fingerprint density at radius 1 is 0.905 bits per heavy atom. The quantitative estimate of drug-likeness (QED) is 0.798. The van der Waals surface area contributed by atoms with Crippen LogP contribution in [0.3, 0.4) is 0 Å². The van der Waals surface area contributed by atoms with Gasteiger partial charge in [-0.25, -0.2) is 0 Å². The lowest BCUT2D eigenvalue weighted by atomic mass is 9.66. The van der Waals surface area contributed by atoms with Gasteiger partial charge in [0, 0.05) is 0 Å². The van der Waals surface area contributed by atoms with E-state index in [1.807, 2.05) is 0 Å². The van der Waals surface area contributed by atoms with Gasteiger partial charge in [-0.3, -0.25) is 4.74 Å². The van der Waals surface area contributed by atoms with E-state index < -0.39 is 18.1 Å². The first kappa shape index (κ1) is 16.6. The normalized spacial score (nSPS) is 31.4. The average Bonchev–Trinajstić information content (AvgIpc) is 2.46. The average molecular weight is 304 g/mol. The van der Waals surface area contributed by atoms with E-state index in [0.717, 1.165) is 25.7 Å². The molecule has 2 aliphatic carbocycles. The number of hydrogen-bond acceptors (Lipinski definition) is 2. The van der Waals surface area contributed by atoms with E-state index in [2.05, 4.69) is 10.7 Å². The van der Waals surface area contributed by atoms with E-state index in [1.54, 1.807) is 0 Å². The Kier molecular flexibility index (Phi) is 5.21. The topological polar surface area (TPSA) is 29.5 Å². The maximum Gasteiger partial charge on any atom is 0.522 e. The second kappa shape index (κ2) is 6.58. The molecule has 0 radical (unpaired) electrons. The van der Waals surface area contributed by atoms with Crippen LogP contribution in [0.15, 0.2) is 0 Å². The standard InChI is InChI=1S/C16H23F3O2/c1-2-15(20,12-6-4-3-5-7-12)13-8-10-14(11-9-13)21-16(17,18)19/h1,12-14,20H,3-11H2. The van der Waals surface area contributed by atoms with Crippen LogP contribution in [0.5, 0.6) is 0 Å². The zero-order valence-corrected chi connectivity index (χ0v) is 12.2. The summed E-state index contributed by atoms with van der Waals surface area (Å²) in [5.41, 5.74) is -1.16. The van der Waals surface area contributed by atoms with Gasteiger partial charge in [0.15, 0.2) is 0 Å². The molecular formula is C16H23F3O2. The molecule has 0 saturated heterocycles. The highest BCUT2D eigenvalue weighted by Crippen LogP contribution is 2.43. The Hall–Kier alpha value is -0.730. The van der Waals surface area contributed by atoms with E-state index in [4.69, 9.17) is 6.42 Å². The Morgan fingerprint density at radius 3 is 1.90 bits per heavy atom. The van der Waals surface area contributed by atoms with Crippen molar-refractivity contribution < 1.29 is 23.0 Å². The van der Waals surface area contributed by atoms with Gasteiger partial charge < -0.3 is 5.11 Å². The smallest absolute Gasteiger partial charge is 0.377 e. The lowest BCUT2D eigenvalue weighted by molar-refractivity contribution is -0.346. The van der Waals surface area contributed by atoms with E-state index in [-0.39, 0.29) is 11.8 Å². The van der Waals surface area contributed by atoms with Crippen LogP contribution in [0, 0.1) is 24.2 Å². The Balaban J connectivity index is 1.94. The molecule has 0 bridgehead atoms. The minimum Gasteiger partial charge on any atom is -0.377 e. The van der Waals surface area contributed by atoms with Gasteiger partial charge in [-0.2, -0.15) is 0 Å². The lowest BCUT2D eigenvalue weighted by Gasteiger charge is -2.43. The number of terminal acetylenes is 1. The number of hydrogen-bond donors (Lipinski definition) is 1. The molecule has 1 atom stereocenters. The fourth-order valence-corrected chi connectivity index (χ4v) is 3.92. The van der Waals surface area contributed by atoms with Gasteiger partial charge in [-0.15, -0.1) is 19.6 Å². The van der Waals surface area contributed by atoms with Gasteiger partial charge in [-0.1, -0.05) is 25.2 Å². The third kappa shape index (κ3) is 4.14. The number of alkyl halides is 3. The van der Waals surface area contributed by atoms with Crippen molar-refractivity contribution in [2.24, 2.45) is 11.8 Å². The van der Waals surface area contributed by atoms with Crippen LogP contribution in [0.25, 0.3) is 0 Å².